The number of thiophene rings is 1. The number of aromatic nitrogens is 1. The number of nitrogens with one attached hydrogen (secondary N) is 1. The highest BCUT2D eigenvalue weighted by molar-refractivity contribution is 7.10. The van der Waals surface area contributed by atoms with Gasteiger partial charge in [-0.2, -0.15) is 4.37 Å². The average molecular weight is 540 g/mol. The van der Waals surface area contributed by atoms with E-state index in [1.807, 2.05) is 62.5 Å². The monoisotopic (exact) mass is 539 g/mol. The Hall–Kier alpha value is -3.24. The lowest BCUT2D eigenvalue weighted by Crippen LogP contribution is -2.49. The van der Waals surface area contributed by atoms with E-state index in [4.69, 9.17) is 11.5 Å². The standard InChI is InChI=1S/C27H33N5O3S2/c1-27(2,3)30-25(34)22(19-10-7-15-36-19)32(26(35)23-20(28)21(24(29)33)31-37-23)18-13-11-17(12-14-18)16-8-5-4-6-9-16/h7,10-16,22H,4-6,8-9,28H2,1-3H3,(H2,29,33)(H,30,34)/t22-/m1/s1. The molecule has 3 amide bonds. The van der Waals surface area contributed by atoms with Gasteiger partial charge in [0.1, 0.15) is 4.88 Å². The van der Waals surface area contributed by atoms with Gasteiger partial charge in [0.05, 0.1) is 5.69 Å². The summed E-state index contributed by atoms with van der Waals surface area (Å²) in [5.41, 5.74) is 12.6. The van der Waals surface area contributed by atoms with Gasteiger partial charge in [0.15, 0.2) is 11.7 Å². The van der Waals surface area contributed by atoms with Crippen molar-refractivity contribution in [1.82, 2.24) is 9.69 Å². The van der Waals surface area contributed by atoms with Crippen LogP contribution in [0.1, 0.15) is 95.4 Å². The van der Waals surface area contributed by atoms with Gasteiger partial charge in [-0.1, -0.05) is 37.5 Å². The molecule has 1 aromatic carbocycles. The molecule has 3 aromatic rings. The van der Waals surface area contributed by atoms with Gasteiger partial charge in [-0.05, 0) is 80.2 Å². The van der Waals surface area contributed by atoms with Gasteiger partial charge in [-0.3, -0.25) is 19.3 Å². The lowest BCUT2D eigenvalue weighted by Gasteiger charge is -2.33. The summed E-state index contributed by atoms with van der Waals surface area (Å²) in [5.74, 6) is -1.15. The minimum absolute atomic E-state index is 0.0651. The highest BCUT2D eigenvalue weighted by Crippen LogP contribution is 2.37. The number of carbonyl (C=O) groups excluding carboxylic acids is 3. The zero-order valence-corrected chi connectivity index (χ0v) is 23.0. The summed E-state index contributed by atoms with van der Waals surface area (Å²) in [7, 11) is 0. The fraction of sp³-hybridized carbons (Fsp3) is 0.407. The van der Waals surface area contributed by atoms with E-state index >= 15 is 0 Å². The third-order valence-corrected chi connectivity index (χ3v) is 8.22. The number of nitrogens with zero attached hydrogens (tertiary/aromatic N) is 2. The van der Waals surface area contributed by atoms with Crippen LogP contribution >= 0.6 is 22.9 Å². The Labute approximate surface area is 225 Å². The molecular formula is C27H33N5O3S2. The number of hydrogen-bond acceptors (Lipinski definition) is 7. The molecule has 37 heavy (non-hydrogen) atoms. The zero-order valence-electron chi connectivity index (χ0n) is 21.3. The molecule has 2 aromatic heterocycles. The summed E-state index contributed by atoms with van der Waals surface area (Å²) >= 11 is 2.19. The third-order valence-electron chi connectivity index (χ3n) is 6.44. The molecule has 196 valence electrons. The van der Waals surface area contributed by atoms with Crippen molar-refractivity contribution in [2.75, 3.05) is 10.6 Å². The lowest BCUT2D eigenvalue weighted by molar-refractivity contribution is -0.123. The van der Waals surface area contributed by atoms with Crippen molar-refractivity contribution in [2.24, 2.45) is 5.73 Å². The average Bonchev–Trinajstić information content (AvgIpc) is 3.51. The molecule has 0 aliphatic heterocycles. The van der Waals surface area contributed by atoms with E-state index in [0.717, 1.165) is 24.4 Å². The Morgan fingerprint density at radius 3 is 2.30 bits per heavy atom. The summed E-state index contributed by atoms with van der Waals surface area (Å²) in [6, 6.07) is 10.6. The first-order valence-corrected chi connectivity index (χ1v) is 14.1. The molecule has 0 saturated heterocycles. The first-order valence-electron chi connectivity index (χ1n) is 12.4. The van der Waals surface area contributed by atoms with E-state index in [0.29, 0.717) is 16.5 Å². The van der Waals surface area contributed by atoms with Gasteiger partial charge in [0.2, 0.25) is 5.91 Å². The maximum absolute atomic E-state index is 14.1. The van der Waals surface area contributed by atoms with Gasteiger partial charge in [0, 0.05) is 16.1 Å². The molecule has 1 fully saturated rings. The van der Waals surface area contributed by atoms with Crippen LogP contribution < -0.4 is 21.7 Å². The van der Waals surface area contributed by atoms with E-state index in [9.17, 15) is 14.4 Å². The molecule has 1 saturated carbocycles. The maximum atomic E-state index is 14.1. The first kappa shape index (κ1) is 26.8. The van der Waals surface area contributed by atoms with Crippen LogP contribution in [-0.2, 0) is 4.79 Å². The molecule has 0 radical (unpaired) electrons. The van der Waals surface area contributed by atoms with Crippen molar-refractivity contribution in [2.45, 2.75) is 70.4 Å². The molecule has 0 unspecified atom stereocenters. The van der Waals surface area contributed by atoms with Gasteiger partial charge in [0.25, 0.3) is 11.8 Å². The quantitative estimate of drug-likeness (QED) is 0.378. The highest BCUT2D eigenvalue weighted by Gasteiger charge is 2.37. The first-order chi connectivity index (χ1) is 17.6. The van der Waals surface area contributed by atoms with Crippen LogP contribution in [0.4, 0.5) is 11.4 Å². The Morgan fingerprint density at radius 2 is 1.76 bits per heavy atom. The Morgan fingerprint density at radius 1 is 1.08 bits per heavy atom. The van der Waals surface area contributed by atoms with Crippen molar-refractivity contribution in [3.05, 3.63) is 62.8 Å². The topological polar surface area (TPSA) is 131 Å². The van der Waals surface area contributed by atoms with Crippen molar-refractivity contribution in [3.8, 4) is 0 Å². The molecule has 8 nitrogen and oxygen atoms in total. The molecule has 2 heterocycles. The molecule has 10 heteroatoms. The second-order valence-corrected chi connectivity index (χ2v) is 12.1. The van der Waals surface area contributed by atoms with E-state index in [-0.39, 0.29) is 22.2 Å². The van der Waals surface area contributed by atoms with Gasteiger partial charge in [-0.15, -0.1) is 11.3 Å². The number of amides is 3. The summed E-state index contributed by atoms with van der Waals surface area (Å²) < 4.78 is 4.01. The van der Waals surface area contributed by atoms with E-state index < -0.39 is 23.4 Å². The zero-order chi connectivity index (χ0) is 26.7. The number of nitrogen functional groups attached to an aromatic ring is 1. The number of primary amides is 1. The minimum atomic E-state index is -0.953. The summed E-state index contributed by atoms with van der Waals surface area (Å²) in [6.07, 6.45) is 6.02. The fourth-order valence-electron chi connectivity index (χ4n) is 4.72. The summed E-state index contributed by atoms with van der Waals surface area (Å²) in [5, 5.41) is 4.89. The molecule has 5 N–H and O–H groups in total. The van der Waals surface area contributed by atoms with Crippen LogP contribution in [-0.4, -0.2) is 27.6 Å². The minimum Gasteiger partial charge on any atom is -0.395 e. The molecule has 0 spiro atoms. The summed E-state index contributed by atoms with van der Waals surface area (Å²) in [4.78, 5) is 41.8. The van der Waals surface area contributed by atoms with Crippen molar-refractivity contribution < 1.29 is 14.4 Å². The number of anilines is 2. The van der Waals surface area contributed by atoms with Crippen LogP contribution in [0.15, 0.2) is 41.8 Å². The van der Waals surface area contributed by atoms with Gasteiger partial charge >= 0.3 is 0 Å². The predicted octanol–water partition coefficient (Wildman–Crippen LogP) is 5.24. The lowest BCUT2D eigenvalue weighted by atomic mass is 9.84. The molecule has 1 aliphatic rings. The Bertz CT molecular complexity index is 1260. The van der Waals surface area contributed by atoms with Crippen LogP contribution in [0, 0.1) is 0 Å². The third kappa shape index (κ3) is 6.02. The van der Waals surface area contributed by atoms with E-state index in [2.05, 4.69) is 9.69 Å². The second-order valence-electron chi connectivity index (χ2n) is 10.4. The van der Waals surface area contributed by atoms with Gasteiger partial charge in [-0.25, -0.2) is 0 Å². The van der Waals surface area contributed by atoms with Gasteiger partial charge < -0.3 is 16.8 Å². The van der Waals surface area contributed by atoms with Crippen LogP contribution in [0.2, 0.25) is 0 Å². The molecular weight excluding hydrogens is 506 g/mol. The number of nitrogens with two attached hydrogens (primary N) is 2. The van der Waals surface area contributed by atoms with E-state index in [1.165, 1.54) is 41.1 Å². The van der Waals surface area contributed by atoms with Crippen molar-refractivity contribution in [1.29, 1.82) is 0 Å². The SMILES string of the molecule is CC(C)(C)NC(=O)[C@@H](c1cccs1)N(C(=O)c1snc(C(N)=O)c1N)c1ccc(C2CCCCC2)cc1. The maximum Gasteiger partial charge on any atom is 0.273 e. The number of hydrogen-bond donors (Lipinski definition) is 3. The van der Waals surface area contributed by atoms with Crippen LogP contribution in [0.3, 0.4) is 0 Å². The number of benzene rings is 1. The summed E-state index contributed by atoms with van der Waals surface area (Å²) in [6.45, 7) is 5.67. The molecule has 1 atom stereocenters. The van der Waals surface area contributed by atoms with Crippen molar-refractivity contribution in [3.63, 3.8) is 0 Å². The fourth-order valence-corrected chi connectivity index (χ4v) is 6.28. The second kappa shape index (κ2) is 11.0. The van der Waals surface area contributed by atoms with Crippen molar-refractivity contribution >= 4 is 52.0 Å². The highest BCUT2D eigenvalue weighted by atomic mass is 32.1. The largest absolute Gasteiger partial charge is 0.395 e. The predicted molar refractivity (Wildman–Crippen MR) is 149 cm³/mol. The van der Waals surface area contributed by atoms with Crippen LogP contribution in [0.5, 0.6) is 0 Å². The van der Waals surface area contributed by atoms with Crippen LogP contribution in [0.25, 0.3) is 0 Å². The normalized spacial score (nSPS) is 15.2. The molecule has 0 bridgehead atoms. The smallest absolute Gasteiger partial charge is 0.273 e. The number of rotatable bonds is 7. The number of carbonyl (C=O) groups is 3. The molecule has 1 aliphatic carbocycles. The van der Waals surface area contributed by atoms with E-state index in [1.54, 1.807) is 0 Å². The molecule has 4 rings (SSSR count). The Kier molecular flexibility index (Phi) is 7.99. The Balaban J connectivity index is 1.81.